The standard InChI is InChI=1S/C23H27ClN4O4S2/c1-7-31-22(30)19-13(3)15(5)34-21(19)25-18(29)11-33-23-27-26-20(28(23)6)14(4)32-16-8-9-17(24)12(2)10-16/h8-10,14H,7,11H2,1-6H3,(H,25,29). The van der Waals surface area contributed by atoms with Crippen LogP contribution in [-0.4, -0.2) is 39.0 Å². The number of carbonyl (C=O) groups is 2. The van der Waals surface area contributed by atoms with Gasteiger partial charge in [-0.2, -0.15) is 0 Å². The van der Waals surface area contributed by atoms with Crippen molar-refractivity contribution in [2.45, 2.75) is 45.9 Å². The lowest BCUT2D eigenvalue weighted by Crippen LogP contribution is -2.17. The van der Waals surface area contributed by atoms with Crippen LogP contribution >= 0.6 is 34.7 Å². The molecule has 1 aromatic carbocycles. The predicted molar refractivity (Wildman–Crippen MR) is 135 cm³/mol. The van der Waals surface area contributed by atoms with Crippen molar-refractivity contribution in [3.63, 3.8) is 0 Å². The number of amides is 1. The molecule has 1 amide bonds. The molecule has 1 N–H and O–H groups in total. The van der Waals surface area contributed by atoms with Crippen molar-refractivity contribution in [3.05, 3.63) is 50.6 Å². The fourth-order valence-corrected chi connectivity index (χ4v) is 5.11. The van der Waals surface area contributed by atoms with Gasteiger partial charge < -0.3 is 19.4 Å². The molecule has 1 unspecified atom stereocenters. The van der Waals surface area contributed by atoms with Crippen LogP contribution in [0.5, 0.6) is 5.75 Å². The molecule has 0 radical (unpaired) electrons. The second-order valence-corrected chi connectivity index (χ2v) is 10.2. The number of esters is 1. The molecule has 182 valence electrons. The summed E-state index contributed by atoms with van der Waals surface area (Å²) in [6.45, 7) is 9.56. The highest BCUT2D eigenvalue weighted by molar-refractivity contribution is 7.99. The number of halogens is 1. The molecule has 34 heavy (non-hydrogen) atoms. The van der Waals surface area contributed by atoms with Gasteiger partial charge in [0, 0.05) is 16.9 Å². The van der Waals surface area contributed by atoms with E-state index in [9.17, 15) is 9.59 Å². The Hall–Kier alpha value is -2.56. The molecule has 3 rings (SSSR count). The molecule has 11 heteroatoms. The molecule has 2 aromatic heterocycles. The molecule has 0 saturated carbocycles. The monoisotopic (exact) mass is 522 g/mol. The Bertz CT molecular complexity index is 1210. The number of thioether (sulfide) groups is 1. The van der Waals surface area contributed by atoms with Crippen molar-refractivity contribution in [2.24, 2.45) is 7.05 Å². The molecule has 0 spiro atoms. The number of nitrogens with one attached hydrogen (secondary N) is 1. The molecular formula is C23H27ClN4O4S2. The van der Waals surface area contributed by atoms with Gasteiger partial charge in [0.25, 0.3) is 0 Å². The van der Waals surface area contributed by atoms with Crippen molar-refractivity contribution in [1.29, 1.82) is 0 Å². The molecule has 1 atom stereocenters. The highest BCUT2D eigenvalue weighted by Gasteiger charge is 2.23. The smallest absolute Gasteiger partial charge is 0.341 e. The fraction of sp³-hybridized carbons (Fsp3) is 0.391. The van der Waals surface area contributed by atoms with Gasteiger partial charge >= 0.3 is 5.97 Å². The van der Waals surface area contributed by atoms with E-state index in [-0.39, 0.29) is 24.4 Å². The largest absolute Gasteiger partial charge is 0.483 e. The minimum atomic E-state index is -0.435. The predicted octanol–water partition coefficient (Wildman–Crippen LogP) is 5.50. The average molecular weight is 523 g/mol. The highest BCUT2D eigenvalue weighted by atomic mass is 35.5. The van der Waals surface area contributed by atoms with Gasteiger partial charge in [-0.3, -0.25) is 4.79 Å². The van der Waals surface area contributed by atoms with E-state index in [2.05, 4.69) is 15.5 Å². The Labute approximate surface area is 212 Å². The van der Waals surface area contributed by atoms with Crippen LogP contribution in [0.25, 0.3) is 0 Å². The molecule has 0 aliphatic heterocycles. The molecule has 0 saturated heterocycles. The summed E-state index contributed by atoms with van der Waals surface area (Å²) in [5.74, 6) is 0.738. The van der Waals surface area contributed by atoms with E-state index < -0.39 is 5.97 Å². The molecule has 2 heterocycles. The van der Waals surface area contributed by atoms with Gasteiger partial charge in [0.05, 0.1) is 17.9 Å². The van der Waals surface area contributed by atoms with Crippen molar-refractivity contribution in [2.75, 3.05) is 17.7 Å². The zero-order valence-corrected chi connectivity index (χ0v) is 22.3. The lowest BCUT2D eigenvalue weighted by Gasteiger charge is -2.15. The number of hydrogen-bond donors (Lipinski definition) is 1. The Morgan fingerprint density at radius 2 is 2.00 bits per heavy atom. The number of carbonyl (C=O) groups excluding carboxylic acids is 2. The number of rotatable bonds is 9. The molecule has 3 aromatic rings. The normalized spacial score (nSPS) is 11.9. The molecule has 0 aliphatic carbocycles. The number of benzene rings is 1. The van der Waals surface area contributed by atoms with Crippen LogP contribution in [-0.2, 0) is 16.6 Å². The van der Waals surface area contributed by atoms with Gasteiger partial charge in [0.2, 0.25) is 5.91 Å². The lowest BCUT2D eigenvalue weighted by molar-refractivity contribution is -0.113. The number of aryl methyl sites for hydroxylation is 2. The first kappa shape index (κ1) is 26.1. The Morgan fingerprint density at radius 1 is 1.26 bits per heavy atom. The van der Waals surface area contributed by atoms with Crippen LogP contribution in [0.3, 0.4) is 0 Å². The molecule has 8 nitrogen and oxygen atoms in total. The Balaban J connectivity index is 1.63. The van der Waals surface area contributed by atoms with Crippen molar-refractivity contribution in [1.82, 2.24) is 14.8 Å². The van der Waals surface area contributed by atoms with Gasteiger partial charge in [-0.05, 0) is 63.9 Å². The quantitative estimate of drug-likeness (QED) is 0.292. The summed E-state index contributed by atoms with van der Waals surface area (Å²) in [6, 6.07) is 5.47. The van der Waals surface area contributed by atoms with Gasteiger partial charge in [0.1, 0.15) is 10.8 Å². The van der Waals surface area contributed by atoms with Crippen LogP contribution in [0.15, 0.2) is 23.4 Å². The zero-order valence-electron chi connectivity index (χ0n) is 19.9. The number of thiophene rings is 1. The molecule has 0 bridgehead atoms. The summed E-state index contributed by atoms with van der Waals surface area (Å²) in [5.41, 5.74) is 2.15. The highest BCUT2D eigenvalue weighted by Crippen LogP contribution is 2.33. The maximum Gasteiger partial charge on any atom is 0.341 e. The molecular weight excluding hydrogens is 496 g/mol. The fourth-order valence-electron chi connectivity index (χ4n) is 3.21. The summed E-state index contributed by atoms with van der Waals surface area (Å²) in [6.07, 6.45) is -0.356. The van der Waals surface area contributed by atoms with E-state index in [1.54, 1.807) is 23.6 Å². The van der Waals surface area contributed by atoms with E-state index in [0.29, 0.717) is 32.3 Å². The van der Waals surface area contributed by atoms with Gasteiger partial charge in [-0.1, -0.05) is 23.4 Å². The Morgan fingerprint density at radius 3 is 2.68 bits per heavy atom. The van der Waals surface area contributed by atoms with Crippen LogP contribution in [0, 0.1) is 20.8 Å². The van der Waals surface area contributed by atoms with Crippen LogP contribution < -0.4 is 10.1 Å². The first-order valence-corrected chi connectivity index (χ1v) is 12.8. The number of ether oxygens (including phenoxy) is 2. The summed E-state index contributed by atoms with van der Waals surface area (Å²) in [7, 11) is 1.83. The van der Waals surface area contributed by atoms with Crippen LogP contribution in [0.1, 0.15) is 52.1 Å². The van der Waals surface area contributed by atoms with E-state index >= 15 is 0 Å². The van der Waals surface area contributed by atoms with Crippen LogP contribution in [0.4, 0.5) is 5.00 Å². The Kier molecular flexibility index (Phi) is 8.62. The summed E-state index contributed by atoms with van der Waals surface area (Å²) >= 11 is 8.69. The SMILES string of the molecule is CCOC(=O)c1c(NC(=O)CSc2nnc(C(C)Oc3ccc(Cl)c(C)c3)n2C)sc(C)c1C. The second-order valence-electron chi connectivity index (χ2n) is 7.62. The van der Waals surface area contributed by atoms with Crippen LogP contribution in [0.2, 0.25) is 5.02 Å². The summed E-state index contributed by atoms with van der Waals surface area (Å²) in [5, 5.41) is 13.0. The summed E-state index contributed by atoms with van der Waals surface area (Å²) in [4.78, 5) is 25.9. The minimum Gasteiger partial charge on any atom is -0.483 e. The number of hydrogen-bond acceptors (Lipinski definition) is 8. The first-order valence-electron chi connectivity index (χ1n) is 10.6. The van der Waals surface area contributed by atoms with E-state index in [0.717, 1.165) is 16.0 Å². The number of anilines is 1. The van der Waals surface area contributed by atoms with Crippen molar-refractivity contribution < 1.29 is 19.1 Å². The third-order valence-corrected chi connectivity index (χ3v) is 7.69. The number of nitrogens with zero attached hydrogens (tertiary/aromatic N) is 3. The topological polar surface area (TPSA) is 95.3 Å². The molecule has 0 fully saturated rings. The minimum absolute atomic E-state index is 0.107. The van der Waals surface area contributed by atoms with E-state index in [4.69, 9.17) is 21.1 Å². The maximum absolute atomic E-state index is 12.6. The van der Waals surface area contributed by atoms with Crippen molar-refractivity contribution in [3.8, 4) is 5.75 Å². The van der Waals surface area contributed by atoms with Crippen molar-refractivity contribution >= 4 is 51.6 Å². The number of aromatic nitrogens is 3. The average Bonchev–Trinajstić information content (AvgIpc) is 3.28. The second kappa shape index (κ2) is 11.2. The first-order chi connectivity index (χ1) is 16.1. The molecule has 0 aliphatic rings. The third-order valence-electron chi connectivity index (χ3n) is 5.12. The lowest BCUT2D eigenvalue weighted by atomic mass is 10.1. The summed E-state index contributed by atoms with van der Waals surface area (Å²) < 4.78 is 12.9. The van der Waals surface area contributed by atoms with E-state index in [1.165, 1.54) is 23.1 Å². The zero-order chi connectivity index (χ0) is 25.0. The van der Waals surface area contributed by atoms with Gasteiger partial charge in [-0.25, -0.2) is 4.79 Å². The van der Waals surface area contributed by atoms with Gasteiger partial charge in [0.15, 0.2) is 17.1 Å². The maximum atomic E-state index is 12.6. The third kappa shape index (κ3) is 5.92. The van der Waals surface area contributed by atoms with Gasteiger partial charge in [-0.15, -0.1) is 21.5 Å². The van der Waals surface area contributed by atoms with E-state index in [1.807, 2.05) is 40.8 Å².